The van der Waals surface area contributed by atoms with Crippen molar-refractivity contribution in [1.29, 1.82) is 5.26 Å². The first-order chi connectivity index (χ1) is 9.67. The number of aromatic carboxylic acids is 1. The highest BCUT2D eigenvalue weighted by Crippen LogP contribution is 2.34. The number of fused-ring (bicyclic) bond motifs is 1. The normalized spacial score (nSPS) is 12.9. The molecule has 0 radical (unpaired) electrons. The van der Waals surface area contributed by atoms with E-state index in [1.54, 1.807) is 11.4 Å². The number of pyridine rings is 1. The van der Waals surface area contributed by atoms with Crippen LogP contribution >= 0.6 is 23.1 Å². The fraction of sp³-hybridized carbons (Fsp3) is 0.214. The van der Waals surface area contributed by atoms with Crippen molar-refractivity contribution < 1.29 is 9.90 Å². The Bertz CT molecular complexity index is 731. The van der Waals surface area contributed by atoms with Gasteiger partial charge in [0.1, 0.15) is 16.0 Å². The van der Waals surface area contributed by atoms with Crippen LogP contribution in [0.25, 0.3) is 0 Å². The van der Waals surface area contributed by atoms with Crippen molar-refractivity contribution >= 4 is 29.1 Å². The second-order valence-corrected chi connectivity index (χ2v) is 6.44. The Balaban J connectivity index is 1.93. The monoisotopic (exact) mass is 302 g/mol. The van der Waals surface area contributed by atoms with E-state index in [0.29, 0.717) is 15.5 Å². The van der Waals surface area contributed by atoms with E-state index in [9.17, 15) is 10.1 Å². The average Bonchev–Trinajstić information content (AvgIpc) is 3.06. The Kier molecular flexibility index (Phi) is 3.47. The maximum absolute atomic E-state index is 10.9. The summed E-state index contributed by atoms with van der Waals surface area (Å²) < 4.78 is 0. The minimum atomic E-state index is -0.927. The Morgan fingerprint density at radius 1 is 1.45 bits per heavy atom. The number of aryl methyl sites for hydroxylation is 2. The number of hydrogen-bond acceptors (Lipinski definition) is 5. The van der Waals surface area contributed by atoms with E-state index in [2.05, 4.69) is 11.1 Å². The second kappa shape index (κ2) is 5.27. The smallest absolute Gasteiger partial charge is 0.345 e. The van der Waals surface area contributed by atoms with E-state index in [1.807, 2.05) is 6.07 Å². The molecule has 1 N–H and O–H groups in total. The molecule has 100 valence electrons. The zero-order valence-electron chi connectivity index (χ0n) is 10.4. The van der Waals surface area contributed by atoms with Crippen LogP contribution in [0.2, 0.25) is 0 Å². The lowest BCUT2D eigenvalue weighted by atomic mass is 10.2. The minimum Gasteiger partial charge on any atom is -0.477 e. The van der Waals surface area contributed by atoms with Crippen molar-refractivity contribution in [3.8, 4) is 6.07 Å². The minimum absolute atomic E-state index is 0.298. The third-order valence-electron chi connectivity index (χ3n) is 3.14. The molecule has 0 unspecified atom stereocenters. The lowest BCUT2D eigenvalue weighted by molar-refractivity contribution is 0.0702. The van der Waals surface area contributed by atoms with Crippen LogP contribution in [0.5, 0.6) is 0 Å². The molecule has 0 spiro atoms. The van der Waals surface area contributed by atoms with Crippen molar-refractivity contribution in [1.82, 2.24) is 4.98 Å². The molecular formula is C14H10N2O2S2. The molecule has 0 atom stereocenters. The quantitative estimate of drug-likeness (QED) is 0.941. The highest BCUT2D eigenvalue weighted by molar-refractivity contribution is 7.99. The molecule has 0 fully saturated rings. The van der Waals surface area contributed by atoms with Crippen LogP contribution in [0.4, 0.5) is 0 Å². The largest absolute Gasteiger partial charge is 0.477 e. The lowest BCUT2D eigenvalue weighted by Gasteiger charge is -2.05. The maximum atomic E-state index is 10.9. The van der Waals surface area contributed by atoms with Crippen LogP contribution in [0.15, 0.2) is 27.4 Å². The van der Waals surface area contributed by atoms with Gasteiger partial charge in [-0.15, -0.1) is 11.3 Å². The molecule has 1 aliphatic rings. The zero-order chi connectivity index (χ0) is 14.1. The fourth-order valence-electron chi connectivity index (χ4n) is 2.21. The van der Waals surface area contributed by atoms with E-state index in [0.717, 1.165) is 29.9 Å². The van der Waals surface area contributed by atoms with E-state index in [4.69, 9.17) is 5.11 Å². The summed E-state index contributed by atoms with van der Waals surface area (Å²) in [5, 5.41) is 20.6. The van der Waals surface area contributed by atoms with Crippen LogP contribution in [0.3, 0.4) is 0 Å². The zero-order valence-corrected chi connectivity index (χ0v) is 12.1. The first kappa shape index (κ1) is 13.2. The van der Waals surface area contributed by atoms with Gasteiger partial charge in [-0.25, -0.2) is 9.78 Å². The molecule has 3 rings (SSSR count). The summed E-state index contributed by atoms with van der Waals surface area (Å²) in [7, 11) is 0. The maximum Gasteiger partial charge on any atom is 0.345 e. The highest BCUT2D eigenvalue weighted by Gasteiger charge is 2.18. The van der Waals surface area contributed by atoms with E-state index in [1.165, 1.54) is 28.7 Å². The van der Waals surface area contributed by atoms with Gasteiger partial charge in [0.25, 0.3) is 0 Å². The van der Waals surface area contributed by atoms with E-state index >= 15 is 0 Å². The number of carboxylic acids is 1. The van der Waals surface area contributed by atoms with Crippen molar-refractivity contribution in [2.45, 2.75) is 29.2 Å². The predicted molar refractivity (Wildman–Crippen MR) is 76.4 cm³/mol. The Hall–Kier alpha value is -1.84. The third-order valence-corrected chi connectivity index (χ3v) is 5.18. The number of thiophene rings is 1. The summed E-state index contributed by atoms with van der Waals surface area (Å²) in [6.07, 6.45) is 3.03. The summed E-state index contributed by atoms with van der Waals surface area (Å²) in [6.45, 7) is 0. The topological polar surface area (TPSA) is 74.0 Å². The molecule has 1 aliphatic carbocycles. The second-order valence-electron chi connectivity index (χ2n) is 4.47. The molecule has 2 aromatic rings. The average molecular weight is 302 g/mol. The van der Waals surface area contributed by atoms with Gasteiger partial charge < -0.3 is 5.11 Å². The first-order valence-corrected chi connectivity index (χ1v) is 7.79. The standard InChI is InChI=1S/C14H10N2O2S2/c15-6-9-4-8-2-1-3-11(8)16-13(9)20-10-5-12(14(17)18)19-7-10/h4-5,7H,1-3H2,(H,17,18). The molecule has 0 bridgehead atoms. The summed E-state index contributed by atoms with van der Waals surface area (Å²) in [4.78, 5) is 16.6. The fourth-order valence-corrected chi connectivity index (χ4v) is 4.00. The number of nitrogens with zero attached hydrogens (tertiary/aromatic N) is 2. The molecule has 6 heteroatoms. The molecule has 20 heavy (non-hydrogen) atoms. The van der Waals surface area contributed by atoms with Gasteiger partial charge in [-0.2, -0.15) is 5.26 Å². The molecule has 0 saturated carbocycles. The van der Waals surface area contributed by atoms with Gasteiger partial charge in [-0.3, -0.25) is 0 Å². The van der Waals surface area contributed by atoms with Crippen molar-refractivity contribution in [3.63, 3.8) is 0 Å². The number of aromatic nitrogens is 1. The van der Waals surface area contributed by atoms with E-state index < -0.39 is 5.97 Å². The lowest BCUT2D eigenvalue weighted by Crippen LogP contribution is -1.94. The van der Waals surface area contributed by atoms with Gasteiger partial charge in [0.15, 0.2) is 0 Å². The van der Waals surface area contributed by atoms with Crippen LogP contribution < -0.4 is 0 Å². The van der Waals surface area contributed by atoms with Gasteiger partial charge in [0.2, 0.25) is 0 Å². The van der Waals surface area contributed by atoms with Crippen molar-refractivity contribution in [2.75, 3.05) is 0 Å². The molecule has 0 amide bonds. The predicted octanol–water partition coefficient (Wildman–Crippen LogP) is 3.35. The van der Waals surface area contributed by atoms with Crippen LogP contribution in [0.1, 0.15) is 32.9 Å². The number of carboxylic acid groups (broad SMARTS) is 1. The molecule has 0 saturated heterocycles. The summed E-state index contributed by atoms with van der Waals surface area (Å²) >= 11 is 2.54. The number of nitriles is 1. The van der Waals surface area contributed by atoms with Gasteiger partial charge in [0, 0.05) is 16.0 Å². The highest BCUT2D eigenvalue weighted by atomic mass is 32.2. The van der Waals surface area contributed by atoms with Crippen molar-refractivity contribution in [3.05, 3.63) is 39.2 Å². The SMILES string of the molecule is N#Cc1cc2c(nc1Sc1csc(C(=O)O)c1)CCC2. The summed E-state index contributed by atoms with van der Waals surface area (Å²) in [5.41, 5.74) is 2.81. The van der Waals surface area contributed by atoms with Gasteiger partial charge >= 0.3 is 5.97 Å². The molecule has 2 aromatic heterocycles. The molecular weight excluding hydrogens is 292 g/mol. The van der Waals surface area contributed by atoms with Gasteiger partial charge in [-0.1, -0.05) is 11.8 Å². The Morgan fingerprint density at radius 3 is 3.00 bits per heavy atom. The molecule has 0 aliphatic heterocycles. The first-order valence-electron chi connectivity index (χ1n) is 6.10. The molecule has 2 heterocycles. The van der Waals surface area contributed by atoms with Gasteiger partial charge in [0.05, 0.1) is 5.56 Å². The third kappa shape index (κ3) is 2.42. The Labute approximate surface area is 124 Å². The molecule has 4 nitrogen and oxygen atoms in total. The Morgan fingerprint density at radius 2 is 2.30 bits per heavy atom. The van der Waals surface area contributed by atoms with Crippen LogP contribution in [0, 0.1) is 11.3 Å². The van der Waals surface area contributed by atoms with Crippen molar-refractivity contribution in [2.24, 2.45) is 0 Å². The number of hydrogen-bond donors (Lipinski definition) is 1. The molecule has 0 aromatic carbocycles. The van der Waals surface area contributed by atoms with E-state index in [-0.39, 0.29) is 0 Å². The number of rotatable bonds is 3. The summed E-state index contributed by atoms with van der Waals surface area (Å²) in [6, 6.07) is 5.72. The van der Waals surface area contributed by atoms with Crippen LogP contribution in [-0.4, -0.2) is 16.1 Å². The number of carbonyl (C=O) groups is 1. The summed E-state index contributed by atoms with van der Waals surface area (Å²) in [5.74, 6) is -0.927. The van der Waals surface area contributed by atoms with Crippen LogP contribution in [-0.2, 0) is 12.8 Å². The van der Waals surface area contributed by atoms with Gasteiger partial charge in [-0.05, 0) is 37.0 Å².